The first-order valence-corrected chi connectivity index (χ1v) is 9.81. The maximum atomic E-state index is 13.2. The molecule has 0 saturated carbocycles. The summed E-state index contributed by atoms with van der Waals surface area (Å²) in [7, 11) is 1.78. The van der Waals surface area contributed by atoms with Gasteiger partial charge in [-0.3, -0.25) is 4.79 Å². The second-order valence-corrected chi connectivity index (χ2v) is 7.40. The third-order valence-electron chi connectivity index (χ3n) is 3.65. The van der Waals surface area contributed by atoms with E-state index in [1.165, 1.54) is 30.0 Å². The molecular formula is C18H15Cl2FN4O2S. The zero-order valence-electron chi connectivity index (χ0n) is 14.7. The van der Waals surface area contributed by atoms with E-state index in [-0.39, 0.29) is 23.3 Å². The number of nitrogens with zero attached hydrogens (tertiary/aromatic N) is 3. The standard InChI is InChI=1S/C18H15Cl2FN4O2S/c1-25-16(9-27-15-5-3-2-4-12(15)19)23-24-18(25)28-10-17(26)22-11-6-7-14(21)13(20)8-11/h2-8H,9-10H2,1H3,(H,22,26). The van der Waals surface area contributed by atoms with Crippen LogP contribution in [0, 0.1) is 5.82 Å². The van der Waals surface area contributed by atoms with Crippen molar-refractivity contribution < 1.29 is 13.9 Å². The number of thioether (sulfide) groups is 1. The van der Waals surface area contributed by atoms with Crippen LogP contribution in [0.15, 0.2) is 47.6 Å². The monoisotopic (exact) mass is 440 g/mol. The van der Waals surface area contributed by atoms with Gasteiger partial charge in [-0.2, -0.15) is 0 Å². The van der Waals surface area contributed by atoms with Crippen LogP contribution < -0.4 is 10.1 Å². The number of benzene rings is 2. The number of amides is 1. The molecule has 10 heteroatoms. The van der Waals surface area contributed by atoms with Crippen molar-refractivity contribution in [2.75, 3.05) is 11.1 Å². The first-order valence-electron chi connectivity index (χ1n) is 8.07. The Morgan fingerprint density at radius 3 is 2.75 bits per heavy atom. The molecule has 1 heterocycles. The molecule has 0 radical (unpaired) electrons. The lowest BCUT2D eigenvalue weighted by Crippen LogP contribution is -2.14. The summed E-state index contributed by atoms with van der Waals surface area (Å²) in [5, 5.41) is 11.8. The average Bonchev–Trinajstić information content (AvgIpc) is 3.02. The number of rotatable bonds is 7. The van der Waals surface area contributed by atoms with Crippen LogP contribution in [0.1, 0.15) is 5.82 Å². The maximum Gasteiger partial charge on any atom is 0.234 e. The van der Waals surface area contributed by atoms with Crippen molar-refractivity contribution in [2.24, 2.45) is 7.05 Å². The highest BCUT2D eigenvalue weighted by Gasteiger charge is 2.13. The molecule has 0 aliphatic carbocycles. The number of nitrogens with one attached hydrogen (secondary N) is 1. The lowest BCUT2D eigenvalue weighted by atomic mass is 10.3. The third-order valence-corrected chi connectivity index (χ3v) is 5.28. The van der Waals surface area contributed by atoms with Gasteiger partial charge in [-0.25, -0.2) is 4.39 Å². The smallest absolute Gasteiger partial charge is 0.234 e. The summed E-state index contributed by atoms with van der Waals surface area (Å²) < 4.78 is 20.6. The van der Waals surface area contributed by atoms with Crippen LogP contribution in [0.4, 0.5) is 10.1 Å². The van der Waals surface area contributed by atoms with E-state index in [4.69, 9.17) is 27.9 Å². The predicted octanol–water partition coefficient (Wildman–Crippen LogP) is 4.57. The molecular weight excluding hydrogens is 426 g/mol. The number of hydrogen-bond donors (Lipinski definition) is 1. The van der Waals surface area contributed by atoms with Crippen molar-refractivity contribution in [1.29, 1.82) is 0 Å². The summed E-state index contributed by atoms with van der Waals surface area (Å²) in [6, 6.07) is 11.1. The van der Waals surface area contributed by atoms with Crippen molar-refractivity contribution in [3.05, 3.63) is 64.2 Å². The van der Waals surface area contributed by atoms with Gasteiger partial charge in [0.15, 0.2) is 11.0 Å². The van der Waals surface area contributed by atoms with Crippen LogP contribution in [-0.2, 0) is 18.4 Å². The fourth-order valence-corrected chi connectivity index (χ4v) is 3.30. The molecule has 6 nitrogen and oxygen atoms in total. The average molecular weight is 441 g/mol. The summed E-state index contributed by atoms with van der Waals surface area (Å²) >= 11 is 13.0. The molecule has 1 amide bonds. The molecule has 1 N–H and O–H groups in total. The van der Waals surface area contributed by atoms with Crippen LogP contribution in [0.2, 0.25) is 10.0 Å². The summed E-state index contributed by atoms with van der Waals surface area (Å²) in [4.78, 5) is 12.1. The molecule has 0 saturated heterocycles. The lowest BCUT2D eigenvalue weighted by Gasteiger charge is -2.08. The molecule has 2 aromatic carbocycles. The maximum absolute atomic E-state index is 13.2. The molecule has 0 aliphatic heterocycles. The Kier molecular flexibility index (Phi) is 6.77. The number of carbonyl (C=O) groups is 1. The molecule has 0 unspecified atom stereocenters. The summed E-state index contributed by atoms with van der Waals surface area (Å²) in [5.41, 5.74) is 0.420. The Bertz CT molecular complexity index is 999. The van der Waals surface area contributed by atoms with Gasteiger partial charge in [-0.05, 0) is 30.3 Å². The fourth-order valence-electron chi connectivity index (χ4n) is 2.20. The van der Waals surface area contributed by atoms with Crippen LogP contribution in [0.3, 0.4) is 0 Å². The molecule has 0 atom stereocenters. The van der Waals surface area contributed by atoms with Gasteiger partial charge in [0, 0.05) is 12.7 Å². The Balaban J connectivity index is 1.54. The molecule has 0 bridgehead atoms. The number of carbonyl (C=O) groups excluding carboxylic acids is 1. The van der Waals surface area contributed by atoms with Gasteiger partial charge in [-0.15, -0.1) is 10.2 Å². The summed E-state index contributed by atoms with van der Waals surface area (Å²) in [6.07, 6.45) is 0. The van der Waals surface area contributed by atoms with E-state index in [0.29, 0.717) is 27.4 Å². The van der Waals surface area contributed by atoms with E-state index >= 15 is 0 Å². The molecule has 3 rings (SSSR count). The highest BCUT2D eigenvalue weighted by molar-refractivity contribution is 7.99. The van der Waals surface area contributed by atoms with E-state index in [9.17, 15) is 9.18 Å². The Hall–Kier alpha value is -2.29. The van der Waals surface area contributed by atoms with E-state index in [2.05, 4.69) is 15.5 Å². The number of aromatic nitrogens is 3. The second kappa shape index (κ2) is 9.27. The SMILES string of the molecule is Cn1c(COc2ccccc2Cl)nnc1SCC(=O)Nc1ccc(F)c(Cl)c1. The molecule has 0 aliphatic rings. The Morgan fingerprint density at radius 2 is 2.00 bits per heavy atom. The van der Waals surface area contributed by atoms with Crippen molar-refractivity contribution in [3.8, 4) is 5.75 Å². The lowest BCUT2D eigenvalue weighted by molar-refractivity contribution is -0.113. The minimum Gasteiger partial charge on any atom is -0.484 e. The number of hydrogen-bond acceptors (Lipinski definition) is 5. The van der Waals surface area contributed by atoms with Crippen molar-refractivity contribution in [3.63, 3.8) is 0 Å². The molecule has 1 aromatic heterocycles. The first kappa shape index (κ1) is 20.4. The zero-order chi connectivity index (χ0) is 20.1. The number of para-hydroxylation sites is 1. The van der Waals surface area contributed by atoms with Gasteiger partial charge >= 0.3 is 0 Å². The number of ether oxygens (including phenoxy) is 1. The van der Waals surface area contributed by atoms with Crippen LogP contribution in [-0.4, -0.2) is 26.4 Å². The highest BCUT2D eigenvalue weighted by Crippen LogP contribution is 2.24. The van der Waals surface area contributed by atoms with Crippen molar-refractivity contribution in [2.45, 2.75) is 11.8 Å². The van der Waals surface area contributed by atoms with Crippen LogP contribution >= 0.6 is 35.0 Å². The van der Waals surface area contributed by atoms with Crippen LogP contribution in [0.5, 0.6) is 5.75 Å². The van der Waals surface area contributed by atoms with Gasteiger partial charge in [0.05, 0.1) is 15.8 Å². The van der Waals surface area contributed by atoms with Crippen molar-refractivity contribution >= 4 is 46.6 Å². The first-order chi connectivity index (χ1) is 13.4. The Morgan fingerprint density at radius 1 is 1.21 bits per heavy atom. The topological polar surface area (TPSA) is 69.0 Å². The number of halogens is 3. The van der Waals surface area contributed by atoms with Gasteiger partial charge in [-0.1, -0.05) is 47.1 Å². The largest absolute Gasteiger partial charge is 0.484 e. The molecule has 146 valence electrons. The molecule has 0 spiro atoms. The summed E-state index contributed by atoms with van der Waals surface area (Å²) in [5.74, 6) is 0.433. The zero-order valence-corrected chi connectivity index (χ0v) is 17.0. The number of anilines is 1. The van der Waals surface area contributed by atoms with E-state index in [0.717, 1.165) is 0 Å². The fraction of sp³-hybridized carbons (Fsp3) is 0.167. The minimum absolute atomic E-state index is 0.0538. The summed E-state index contributed by atoms with van der Waals surface area (Å²) in [6.45, 7) is 0.189. The van der Waals surface area contributed by atoms with E-state index in [1.807, 2.05) is 12.1 Å². The predicted molar refractivity (Wildman–Crippen MR) is 108 cm³/mol. The molecule has 0 fully saturated rings. The normalized spacial score (nSPS) is 10.7. The van der Waals surface area contributed by atoms with Gasteiger partial charge in [0.2, 0.25) is 5.91 Å². The third kappa shape index (κ3) is 5.15. The minimum atomic E-state index is -0.542. The van der Waals surface area contributed by atoms with Gasteiger partial charge in [0.1, 0.15) is 18.2 Å². The van der Waals surface area contributed by atoms with Crippen molar-refractivity contribution in [1.82, 2.24) is 14.8 Å². The highest BCUT2D eigenvalue weighted by atomic mass is 35.5. The van der Waals surface area contributed by atoms with Gasteiger partial charge in [0.25, 0.3) is 0 Å². The van der Waals surface area contributed by atoms with Crippen LogP contribution in [0.25, 0.3) is 0 Å². The molecule has 3 aromatic rings. The van der Waals surface area contributed by atoms with E-state index < -0.39 is 5.82 Å². The van der Waals surface area contributed by atoms with Gasteiger partial charge < -0.3 is 14.6 Å². The quantitative estimate of drug-likeness (QED) is 0.544. The Labute approximate surface area is 175 Å². The van der Waals surface area contributed by atoms with E-state index in [1.54, 1.807) is 23.7 Å². The second-order valence-electron chi connectivity index (χ2n) is 5.64. The molecule has 28 heavy (non-hydrogen) atoms.